The second-order valence-electron chi connectivity index (χ2n) is 14.8. The van der Waals surface area contributed by atoms with Gasteiger partial charge in [0.25, 0.3) is 0 Å². The Morgan fingerprint density at radius 1 is 0.654 bits per heavy atom. The number of benzene rings is 5. The van der Waals surface area contributed by atoms with E-state index in [1.807, 2.05) is 11.3 Å². The highest BCUT2D eigenvalue weighted by Crippen LogP contribution is 2.53. The van der Waals surface area contributed by atoms with Gasteiger partial charge in [-0.2, -0.15) is 0 Å². The number of thiophene rings is 1. The second-order valence-corrected chi connectivity index (χ2v) is 15.8. The average Bonchev–Trinajstić information content (AvgIpc) is 3.92. The predicted molar refractivity (Wildman–Crippen MR) is 221 cm³/mol. The molecule has 2 aliphatic carbocycles. The molecule has 5 aromatic carbocycles. The van der Waals surface area contributed by atoms with Crippen molar-refractivity contribution in [2.24, 2.45) is 11.8 Å². The largest absolute Gasteiger partial charge is 0.331 e. The molecule has 4 heterocycles. The zero-order chi connectivity index (χ0) is 34.6. The van der Waals surface area contributed by atoms with Crippen molar-refractivity contribution >= 4 is 60.6 Å². The third-order valence-corrected chi connectivity index (χ3v) is 13.0. The van der Waals surface area contributed by atoms with E-state index in [0.717, 1.165) is 6.42 Å². The van der Waals surface area contributed by atoms with Crippen LogP contribution in [0.2, 0.25) is 0 Å². The van der Waals surface area contributed by atoms with Crippen LogP contribution in [0.15, 0.2) is 175 Å². The molecule has 0 saturated heterocycles. The minimum atomic E-state index is -0.166. The van der Waals surface area contributed by atoms with E-state index < -0.39 is 0 Å². The number of hydrogen-bond acceptors (Lipinski definition) is 2. The van der Waals surface area contributed by atoms with Gasteiger partial charge >= 0.3 is 0 Å². The van der Waals surface area contributed by atoms with Crippen molar-refractivity contribution in [2.45, 2.75) is 25.8 Å². The maximum atomic E-state index is 2.62. The van der Waals surface area contributed by atoms with Gasteiger partial charge < -0.3 is 14.0 Å². The second kappa shape index (κ2) is 11.1. The van der Waals surface area contributed by atoms with Crippen molar-refractivity contribution in [1.82, 2.24) is 9.13 Å². The molecule has 0 fully saturated rings. The highest BCUT2D eigenvalue weighted by atomic mass is 32.1. The maximum Gasteiger partial charge on any atom is 0.103 e. The van der Waals surface area contributed by atoms with Crippen molar-refractivity contribution in [1.29, 1.82) is 0 Å². The zero-order valence-electron chi connectivity index (χ0n) is 29.2. The van der Waals surface area contributed by atoms with Crippen LogP contribution < -0.4 is 4.90 Å². The van der Waals surface area contributed by atoms with Gasteiger partial charge in [-0.1, -0.05) is 122 Å². The van der Waals surface area contributed by atoms with E-state index in [0.29, 0.717) is 11.8 Å². The quantitative estimate of drug-likeness (QED) is 0.179. The van der Waals surface area contributed by atoms with E-state index in [2.05, 4.69) is 192 Å². The standard InChI is InChI=1S/C48H37N3S/c1-31-15-13-27-43-46(31)38-22-11-12-28-48(38,2)51(43)33-17-14-16-32(29-33)47-44(49-39-23-7-3-18-34(39)35-19-4-8-24-40(35)49)30-45(52-47)50-41-25-9-5-20-36(41)37-21-6-10-26-42(37)50/h3-14,16-31,38H,15H2,1-2H3. The normalized spacial score (nSPS) is 20.9. The Morgan fingerprint density at radius 3 is 1.88 bits per heavy atom. The van der Waals surface area contributed by atoms with Gasteiger partial charge in [-0.3, -0.25) is 0 Å². The van der Waals surface area contributed by atoms with Gasteiger partial charge in [-0.15, -0.1) is 11.3 Å². The van der Waals surface area contributed by atoms with Crippen LogP contribution in [0.1, 0.15) is 20.3 Å². The van der Waals surface area contributed by atoms with Crippen LogP contribution in [0.5, 0.6) is 0 Å². The molecule has 0 saturated carbocycles. The smallest absolute Gasteiger partial charge is 0.103 e. The fraction of sp³-hybridized carbons (Fsp3) is 0.125. The molecule has 3 nitrogen and oxygen atoms in total. The maximum absolute atomic E-state index is 2.62. The molecule has 0 radical (unpaired) electrons. The Hall–Kier alpha value is -5.84. The number of allylic oxidation sites excluding steroid dienone is 4. The Bertz CT molecular complexity index is 2780. The van der Waals surface area contributed by atoms with Crippen LogP contribution in [0.3, 0.4) is 0 Å². The first kappa shape index (κ1) is 29.8. The number of anilines is 1. The van der Waals surface area contributed by atoms with E-state index in [1.54, 1.807) is 5.57 Å². The number of para-hydroxylation sites is 4. The molecule has 3 atom stereocenters. The molecule has 3 aromatic heterocycles. The number of nitrogens with zero attached hydrogens (tertiary/aromatic N) is 3. The molecular formula is C48H37N3S. The lowest BCUT2D eigenvalue weighted by Gasteiger charge is -2.40. The number of rotatable bonds is 4. The van der Waals surface area contributed by atoms with Crippen molar-refractivity contribution in [3.63, 3.8) is 0 Å². The lowest BCUT2D eigenvalue weighted by Crippen LogP contribution is -2.45. The molecule has 0 bridgehead atoms. The lowest BCUT2D eigenvalue weighted by molar-refractivity contribution is 0.466. The summed E-state index contributed by atoms with van der Waals surface area (Å²) >= 11 is 1.88. The summed E-state index contributed by atoms with van der Waals surface area (Å²) in [6.45, 7) is 4.81. The van der Waals surface area contributed by atoms with Crippen molar-refractivity contribution in [3.05, 3.63) is 175 Å². The molecule has 8 aromatic rings. The van der Waals surface area contributed by atoms with Gasteiger partial charge in [0.15, 0.2) is 0 Å². The molecule has 0 spiro atoms. The minimum Gasteiger partial charge on any atom is -0.331 e. The Kier molecular flexibility index (Phi) is 6.36. The molecule has 3 unspecified atom stereocenters. The van der Waals surface area contributed by atoms with Gasteiger partial charge in [0.1, 0.15) is 5.00 Å². The Morgan fingerprint density at radius 2 is 1.25 bits per heavy atom. The van der Waals surface area contributed by atoms with Crippen LogP contribution in [-0.4, -0.2) is 14.7 Å². The van der Waals surface area contributed by atoms with Crippen LogP contribution >= 0.6 is 11.3 Å². The Balaban J connectivity index is 1.18. The highest BCUT2D eigenvalue weighted by molar-refractivity contribution is 7.18. The summed E-state index contributed by atoms with van der Waals surface area (Å²) in [7, 11) is 0. The molecule has 1 aliphatic heterocycles. The first-order chi connectivity index (χ1) is 25.6. The van der Waals surface area contributed by atoms with Gasteiger partial charge in [-0.25, -0.2) is 0 Å². The molecule has 0 N–H and O–H groups in total. The SMILES string of the molecule is CC1CC=CC2=C1C1C=CC=CC1(C)N2c1cccc(-c2sc(-n3c4ccccc4c4ccccc43)cc2-n2c3ccccc3c3ccccc32)c1. The summed E-state index contributed by atoms with van der Waals surface area (Å²) in [5, 5.41) is 6.30. The van der Waals surface area contributed by atoms with E-state index in [9.17, 15) is 0 Å². The van der Waals surface area contributed by atoms with E-state index >= 15 is 0 Å². The monoisotopic (exact) mass is 687 g/mol. The minimum absolute atomic E-state index is 0.166. The fourth-order valence-corrected chi connectivity index (χ4v) is 10.7. The van der Waals surface area contributed by atoms with Crippen LogP contribution in [0.4, 0.5) is 5.69 Å². The van der Waals surface area contributed by atoms with Gasteiger partial charge in [0, 0.05) is 38.8 Å². The summed E-state index contributed by atoms with van der Waals surface area (Å²) < 4.78 is 4.96. The van der Waals surface area contributed by atoms with Crippen molar-refractivity contribution in [3.8, 4) is 21.1 Å². The summed E-state index contributed by atoms with van der Waals surface area (Å²) in [4.78, 5) is 3.87. The van der Waals surface area contributed by atoms with Crippen molar-refractivity contribution in [2.75, 3.05) is 4.90 Å². The number of aromatic nitrogens is 2. The molecule has 4 heteroatoms. The van der Waals surface area contributed by atoms with E-state index in [1.165, 1.54) is 76.1 Å². The third kappa shape index (κ3) is 4.07. The number of hydrogen-bond donors (Lipinski definition) is 0. The lowest BCUT2D eigenvalue weighted by atomic mass is 9.75. The molecule has 52 heavy (non-hydrogen) atoms. The first-order valence-corrected chi connectivity index (χ1v) is 19.2. The van der Waals surface area contributed by atoms with Crippen LogP contribution in [-0.2, 0) is 0 Å². The molecule has 250 valence electrons. The Labute approximate surface area is 307 Å². The summed E-state index contributed by atoms with van der Waals surface area (Å²) in [6.07, 6.45) is 15.2. The molecular weight excluding hydrogens is 651 g/mol. The summed E-state index contributed by atoms with van der Waals surface area (Å²) in [5.74, 6) is 0.870. The average molecular weight is 688 g/mol. The zero-order valence-corrected chi connectivity index (χ0v) is 30.0. The fourth-order valence-electron chi connectivity index (χ4n) is 9.54. The number of fused-ring (bicyclic) bond motifs is 8. The van der Waals surface area contributed by atoms with Crippen LogP contribution in [0, 0.1) is 11.8 Å². The summed E-state index contributed by atoms with van der Waals surface area (Å²) in [5.41, 5.74) is 11.3. The highest BCUT2D eigenvalue weighted by Gasteiger charge is 2.49. The third-order valence-electron chi connectivity index (χ3n) is 11.8. The van der Waals surface area contributed by atoms with E-state index in [-0.39, 0.29) is 5.54 Å². The predicted octanol–water partition coefficient (Wildman–Crippen LogP) is 12.8. The molecule has 3 aliphatic rings. The molecule has 11 rings (SSSR count). The van der Waals surface area contributed by atoms with E-state index in [4.69, 9.17) is 0 Å². The van der Waals surface area contributed by atoms with Crippen molar-refractivity contribution < 1.29 is 0 Å². The summed E-state index contributed by atoms with van der Waals surface area (Å²) in [6, 6.07) is 47.1. The first-order valence-electron chi connectivity index (χ1n) is 18.4. The van der Waals surface area contributed by atoms with Crippen LogP contribution in [0.25, 0.3) is 64.7 Å². The topological polar surface area (TPSA) is 13.1 Å². The van der Waals surface area contributed by atoms with Gasteiger partial charge in [0.2, 0.25) is 0 Å². The van der Waals surface area contributed by atoms with Gasteiger partial charge in [-0.05, 0) is 78.9 Å². The van der Waals surface area contributed by atoms with Gasteiger partial charge in [0.05, 0.1) is 38.2 Å². The molecule has 0 amide bonds.